The van der Waals surface area contributed by atoms with Crippen molar-refractivity contribution >= 4 is 28.5 Å². The molecule has 0 amide bonds. The Morgan fingerprint density at radius 1 is 1.32 bits per heavy atom. The second-order valence-corrected chi connectivity index (χ2v) is 4.56. The third kappa shape index (κ3) is 2.76. The number of pyridine rings is 1. The molecular weight excluding hydrogens is 295 g/mol. The maximum absolute atomic E-state index is 14.0. The molecule has 1 aromatic carbocycles. The van der Waals surface area contributed by atoms with Gasteiger partial charge in [0.2, 0.25) is 5.43 Å². The van der Waals surface area contributed by atoms with Crippen molar-refractivity contribution in [3.63, 3.8) is 0 Å². The Hall–Kier alpha value is -2.90. The summed E-state index contributed by atoms with van der Waals surface area (Å²) in [6.07, 6.45) is 1.19. The number of aliphatic carboxylic acids is 1. The highest BCUT2D eigenvalue weighted by Gasteiger charge is 2.16. The van der Waals surface area contributed by atoms with Crippen molar-refractivity contribution in [2.24, 2.45) is 0 Å². The molecule has 2 aromatic rings. The second kappa shape index (κ2) is 5.84. The fraction of sp³-hybridized carbons (Fsp3) is 0.214. The molecule has 0 aliphatic carbocycles. The number of aromatic nitrogens is 1. The van der Waals surface area contributed by atoms with Gasteiger partial charge in [0.1, 0.15) is 17.9 Å². The predicted molar refractivity (Wildman–Crippen MR) is 76.9 cm³/mol. The van der Waals surface area contributed by atoms with Gasteiger partial charge in [-0.15, -0.1) is 0 Å². The summed E-state index contributed by atoms with van der Waals surface area (Å²) in [5.41, 5.74) is -0.970. The maximum atomic E-state index is 14.0. The van der Waals surface area contributed by atoms with E-state index < -0.39 is 35.3 Å². The molecule has 0 saturated carbocycles. The zero-order chi connectivity index (χ0) is 16.4. The Kier molecular flexibility index (Phi) is 4.11. The van der Waals surface area contributed by atoms with Gasteiger partial charge in [0.05, 0.1) is 11.2 Å². The lowest BCUT2D eigenvalue weighted by Gasteiger charge is -2.13. The SMILES string of the molecule is CCn1cc(C(=O)O)c(=O)c2cc(F)c(NCC(=O)O)cc21. The number of rotatable bonds is 5. The normalized spacial score (nSPS) is 10.6. The molecule has 0 radical (unpaired) electrons. The van der Waals surface area contributed by atoms with Crippen LogP contribution in [0.3, 0.4) is 0 Å². The van der Waals surface area contributed by atoms with Gasteiger partial charge >= 0.3 is 11.9 Å². The third-order valence-corrected chi connectivity index (χ3v) is 3.17. The van der Waals surface area contributed by atoms with Crippen LogP contribution in [0.5, 0.6) is 0 Å². The van der Waals surface area contributed by atoms with E-state index in [4.69, 9.17) is 10.2 Å². The Morgan fingerprint density at radius 3 is 2.55 bits per heavy atom. The summed E-state index contributed by atoms with van der Waals surface area (Å²) >= 11 is 0. The lowest BCUT2D eigenvalue weighted by Crippen LogP contribution is -2.19. The van der Waals surface area contributed by atoms with E-state index in [1.807, 2.05) is 0 Å². The molecule has 3 N–H and O–H groups in total. The van der Waals surface area contributed by atoms with Crippen LogP contribution in [0.4, 0.5) is 10.1 Å². The summed E-state index contributed by atoms with van der Waals surface area (Å²) in [5, 5.41) is 20.0. The van der Waals surface area contributed by atoms with E-state index in [1.165, 1.54) is 16.8 Å². The minimum Gasteiger partial charge on any atom is -0.480 e. The Labute approximate surface area is 123 Å². The van der Waals surface area contributed by atoms with Crippen LogP contribution in [0.25, 0.3) is 10.9 Å². The topological polar surface area (TPSA) is 109 Å². The van der Waals surface area contributed by atoms with Crippen molar-refractivity contribution < 1.29 is 24.2 Å². The molecule has 7 nitrogen and oxygen atoms in total. The van der Waals surface area contributed by atoms with Gasteiger partial charge in [0.15, 0.2) is 0 Å². The van der Waals surface area contributed by atoms with Crippen LogP contribution in [0.1, 0.15) is 17.3 Å². The van der Waals surface area contributed by atoms with E-state index in [-0.39, 0.29) is 11.1 Å². The van der Waals surface area contributed by atoms with E-state index >= 15 is 0 Å². The number of halogens is 1. The van der Waals surface area contributed by atoms with E-state index in [9.17, 15) is 18.8 Å². The molecule has 0 atom stereocenters. The van der Waals surface area contributed by atoms with Gasteiger partial charge in [-0.05, 0) is 19.1 Å². The smallest absolute Gasteiger partial charge is 0.341 e. The van der Waals surface area contributed by atoms with Gasteiger partial charge in [0, 0.05) is 18.1 Å². The average Bonchev–Trinajstić information content (AvgIpc) is 2.45. The molecule has 0 aliphatic heterocycles. The van der Waals surface area contributed by atoms with Crippen LogP contribution < -0.4 is 10.7 Å². The van der Waals surface area contributed by atoms with Gasteiger partial charge in [0.25, 0.3) is 0 Å². The number of hydrogen-bond donors (Lipinski definition) is 3. The van der Waals surface area contributed by atoms with Crippen LogP contribution >= 0.6 is 0 Å². The van der Waals surface area contributed by atoms with Gasteiger partial charge in [-0.2, -0.15) is 0 Å². The zero-order valence-corrected chi connectivity index (χ0v) is 11.6. The van der Waals surface area contributed by atoms with E-state index in [1.54, 1.807) is 6.92 Å². The lowest BCUT2D eigenvalue weighted by molar-refractivity contribution is -0.134. The summed E-state index contributed by atoms with van der Waals surface area (Å²) in [6, 6.07) is 2.21. The van der Waals surface area contributed by atoms with Crippen LogP contribution in [-0.4, -0.2) is 33.3 Å². The number of nitrogens with zero attached hydrogens (tertiary/aromatic N) is 1. The third-order valence-electron chi connectivity index (χ3n) is 3.17. The molecule has 116 valence electrons. The van der Waals surface area contributed by atoms with Crippen LogP contribution in [0, 0.1) is 5.82 Å². The molecular formula is C14H13FN2O5. The fourth-order valence-corrected chi connectivity index (χ4v) is 2.13. The molecule has 0 aliphatic rings. The van der Waals surface area contributed by atoms with Gasteiger partial charge in [-0.25, -0.2) is 9.18 Å². The van der Waals surface area contributed by atoms with Crippen molar-refractivity contribution in [3.05, 3.63) is 39.9 Å². The predicted octanol–water partition coefficient (Wildman–Crippen LogP) is 1.36. The van der Waals surface area contributed by atoms with Crippen LogP contribution in [-0.2, 0) is 11.3 Å². The average molecular weight is 308 g/mol. The Balaban J connectivity index is 2.71. The molecule has 0 bridgehead atoms. The number of hydrogen-bond acceptors (Lipinski definition) is 4. The number of carboxylic acids is 2. The molecule has 0 unspecified atom stereocenters. The number of benzene rings is 1. The molecule has 2 rings (SSSR count). The number of carboxylic acid groups (broad SMARTS) is 2. The van der Waals surface area contributed by atoms with E-state index in [0.29, 0.717) is 12.1 Å². The summed E-state index contributed by atoms with van der Waals surface area (Å²) in [6.45, 7) is 1.62. The molecule has 22 heavy (non-hydrogen) atoms. The number of nitrogens with one attached hydrogen (secondary N) is 1. The zero-order valence-electron chi connectivity index (χ0n) is 11.6. The van der Waals surface area contributed by atoms with Crippen molar-refractivity contribution in [3.8, 4) is 0 Å². The minimum absolute atomic E-state index is 0.0693. The highest BCUT2D eigenvalue weighted by atomic mass is 19.1. The molecule has 0 saturated heterocycles. The first kappa shape index (κ1) is 15.5. The molecule has 0 fully saturated rings. The maximum Gasteiger partial charge on any atom is 0.341 e. The van der Waals surface area contributed by atoms with Crippen molar-refractivity contribution in [1.82, 2.24) is 4.57 Å². The number of aromatic carboxylic acids is 1. The van der Waals surface area contributed by atoms with E-state index in [0.717, 1.165) is 6.07 Å². The Morgan fingerprint density at radius 2 is 2.00 bits per heavy atom. The Bertz CT molecular complexity index is 828. The quantitative estimate of drug-likeness (QED) is 0.769. The molecule has 0 spiro atoms. The van der Waals surface area contributed by atoms with Gasteiger partial charge in [-0.3, -0.25) is 9.59 Å². The van der Waals surface area contributed by atoms with E-state index in [2.05, 4.69) is 5.32 Å². The number of aryl methyl sites for hydroxylation is 1. The van der Waals surface area contributed by atoms with Crippen LogP contribution in [0.15, 0.2) is 23.1 Å². The first-order valence-corrected chi connectivity index (χ1v) is 6.40. The molecule has 8 heteroatoms. The van der Waals surface area contributed by atoms with Crippen molar-refractivity contribution in [1.29, 1.82) is 0 Å². The minimum atomic E-state index is -1.39. The molecule has 1 heterocycles. The summed E-state index contributed by atoms with van der Waals surface area (Å²) in [4.78, 5) is 33.7. The second-order valence-electron chi connectivity index (χ2n) is 4.56. The van der Waals surface area contributed by atoms with Crippen LogP contribution in [0.2, 0.25) is 0 Å². The lowest BCUT2D eigenvalue weighted by atomic mass is 10.1. The number of anilines is 1. The first-order chi connectivity index (χ1) is 10.3. The van der Waals surface area contributed by atoms with Crippen molar-refractivity contribution in [2.45, 2.75) is 13.5 Å². The van der Waals surface area contributed by atoms with Gasteiger partial charge < -0.3 is 20.1 Å². The molecule has 1 aromatic heterocycles. The van der Waals surface area contributed by atoms with Crippen molar-refractivity contribution in [2.75, 3.05) is 11.9 Å². The largest absolute Gasteiger partial charge is 0.480 e. The summed E-state index contributed by atoms with van der Waals surface area (Å²) < 4.78 is 15.5. The number of fused-ring (bicyclic) bond motifs is 1. The highest BCUT2D eigenvalue weighted by molar-refractivity contribution is 5.93. The fourth-order valence-electron chi connectivity index (χ4n) is 2.13. The monoisotopic (exact) mass is 308 g/mol. The summed E-state index contributed by atoms with van der Waals surface area (Å²) in [7, 11) is 0. The highest BCUT2D eigenvalue weighted by Crippen LogP contribution is 2.22. The van der Waals surface area contributed by atoms with Gasteiger partial charge in [-0.1, -0.05) is 0 Å². The first-order valence-electron chi connectivity index (χ1n) is 6.40. The number of carbonyl (C=O) groups is 2. The summed E-state index contributed by atoms with van der Waals surface area (Å²) in [5.74, 6) is -3.37. The standard InChI is InChI=1S/C14H13FN2O5/c1-2-17-6-8(14(21)22)13(20)7-3-9(15)10(4-11(7)17)16-5-12(18)19/h3-4,6,16H,2,5H2,1H3,(H,18,19)(H,21,22).